The first-order chi connectivity index (χ1) is 15.0. The number of anilines is 3. The van der Waals surface area contributed by atoms with Gasteiger partial charge >= 0.3 is 0 Å². The molecule has 0 aliphatic carbocycles. The maximum absolute atomic E-state index is 11.9. The second-order valence-electron chi connectivity index (χ2n) is 7.21. The number of carbonyl (C=O) groups excluding carboxylic acids is 2. The number of rotatable bonds is 10. The fourth-order valence-electron chi connectivity index (χ4n) is 3.41. The van der Waals surface area contributed by atoms with Crippen molar-refractivity contribution >= 4 is 29.3 Å². The van der Waals surface area contributed by atoms with Gasteiger partial charge in [-0.15, -0.1) is 0 Å². The topological polar surface area (TPSA) is 140 Å². The summed E-state index contributed by atoms with van der Waals surface area (Å²) in [6.07, 6.45) is 8.84. The Labute approximate surface area is 180 Å². The third-order valence-corrected chi connectivity index (χ3v) is 4.99. The standard InChI is InChI=1S/C20H28N8O3/c1-3-17(29)27-8-4-6-15(13-27)28-12-14(10-24-28)25-20-23-11-16(18(21)30)19(26-20)22-7-5-9-31-2/h3,10-12,15H,1,4-9,13H2,2H3,(H2,21,30)(H2,22,23,25,26)/t15-/m0/s1. The highest BCUT2D eigenvalue weighted by atomic mass is 16.5. The van der Waals surface area contributed by atoms with E-state index in [1.165, 1.54) is 12.3 Å². The van der Waals surface area contributed by atoms with Gasteiger partial charge in [0.1, 0.15) is 5.82 Å². The lowest BCUT2D eigenvalue weighted by Crippen LogP contribution is -2.39. The average molecular weight is 428 g/mol. The molecule has 0 spiro atoms. The lowest BCUT2D eigenvalue weighted by molar-refractivity contribution is -0.127. The summed E-state index contributed by atoms with van der Waals surface area (Å²) in [4.78, 5) is 33.9. The normalized spacial score (nSPS) is 16.0. The highest BCUT2D eigenvalue weighted by Crippen LogP contribution is 2.24. The molecule has 4 N–H and O–H groups in total. The van der Waals surface area contributed by atoms with Gasteiger partial charge in [-0.3, -0.25) is 14.3 Å². The summed E-state index contributed by atoms with van der Waals surface area (Å²) in [5.74, 6) is -0.00142. The second kappa shape index (κ2) is 10.5. The minimum absolute atomic E-state index is 0.0660. The number of piperidine rings is 1. The van der Waals surface area contributed by atoms with E-state index in [2.05, 4.69) is 32.3 Å². The number of ether oxygens (including phenoxy) is 1. The van der Waals surface area contributed by atoms with Gasteiger partial charge < -0.3 is 26.0 Å². The lowest BCUT2D eigenvalue weighted by Gasteiger charge is -2.32. The molecule has 11 nitrogen and oxygen atoms in total. The molecule has 0 saturated carbocycles. The van der Waals surface area contributed by atoms with E-state index in [4.69, 9.17) is 10.5 Å². The monoisotopic (exact) mass is 428 g/mol. The van der Waals surface area contributed by atoms with Crippen LogP contribution in [-0.4, -0.2) is 69.8 Å². The Kier molecular flexibility index (Phi) is 7.55. The maximum Gasteiger partial charge on any atom is 0.254 e. The van der Waals surface area contributed by atoms with Crippen LogP contribution in [0.4, 0.5) is 17.5 Å². The van der Waals surface area contributed by atoms with E-state index in [1.807, 2.05) is 10.9 Å². The minimum atomic E-state index is -0.607. The number of aromatic nitrogens is 4. The van der Waals surface area contributed by atoms with E-state index >= 15 is 0 Å². The molecule has 0 unspecified atom stereocenters. The summed E-state index contributed by atoms with van der Waals surface area (Å²) in [6.45, 7) is 6.04. The van der Waals surface area contributed by atoms with Crippen LogP contribution in [0.5, 0.6) is 0 Å². The molecule has 11 heteroatoms. The first-order valence-electron chi connectivity index (χ1n) is 10.1. The van der Waals surface area contributed by atoms with Crippen LogP contribution in [0, 0.1) is 0 Å². The van der Waals surface area contributed by atoms with Crippen molar-refractivity contribution in [2.75, 3.05) is 44.0 Å². The van der Waals surface area contributed by atoms with Crippen molar-refractivity contribution in [2.24, 2.45) is 5.73 Å². The van der Waals surface area contributed by atoms with Gasteiger partial charge in [-0.25, -0.2) is 4.98 Å². The van der Waals surface area contributed by atoms with Crippen molar-refractivity contribution in [2.45, 2.75) is 25.3 Å². The molecule has 0 radical (unpaired) electrons. The van der Waals surface area contributed by atoms with Crippen molar-refractivity contribution < 1.29 is 14.3 Å². The molecule has 2 amide bonds. The third-order valence-electron chi connectivity index (χ3n) is 4.99. The molecular formula is C20H28N8O3. The molecule has 0 bridgehead atoms. The predicted molar refractivity (Wildman–Crippen MR) is 116 cm³/mol. The Morgan fingerprint density at radius 2 is 2.26 bits per heavy atom. The number of likely N-dealkylation sites (tertiary alicyclic amines) is 1. The second-order valence-corrected chi connectivity index (χ2v) is 7.21. The van der Waals surface area contributed by atoms with Crippen molar-refractivity contribution in [3.8, 4) is 0 Å². The summed E-state index contributed by atoms with van der Waals surface area (Å²) in [5, 5.41) is 10.6. The summed E-state index contributed by atoms with van der Waals surface area (Å²) in [5.41, 5.74) is 6.34. The van der Waals surface area contributed by atoms with Crippen LogP contribution < -0.4 is 16.4 Å². The molecular weight excluding hydrogens is 400 g/mol. The van der Waals surface area contributed by atoms with Crippen LogP contribution in [0.25, 0.3) is 0 Å². The van der Waals surface area contributed by atoms with Gasteiger partial charge in [0.2, 0.25) is 11.9 Å². The first kappa shape index (κ1) is 22.2. The van der Waals surface area contributed by atoms with E-state index in [1.54, 1.807) is 18.2 Å². The molecule has 1 aliphatic rings. The number of hydrogen-bond acceptors (Lipinski definition) is 8. The number of carbonyl (C=O) groups is 2. The zero-order valence-corrected chi connectivity index (χ0v) is 17.6. The van der Waals surface area contributed by atoms with Gasteiger partial charge in [-0.05, 0) is 25.3 Å². The van der Waals surface area contributed by atoms with E-state index in [9.17, 15) is 9.59 Å². The number of hydrogen-bond donors (Lipinski definition) is 3. The molecule has 166 valence electrons. The largest absolute Gasteiger partial charge is 0.385 e. The summed E-state index contributed by atoms with van der Waals surface area (Å²) in [7, 11) is 1.63. The number of amides is 2. The molecule has 1 aliphatic heterocycles. The molecule has 1 fully saturated rings. The van der Waals surface area contributed by atoms with Gasteiger partial charge in [0.05, 0.1) is 23.5 Å². The lowest BCUT2D eigenvalue weighted by atomic mass is 10.1. The van der Waals surface area contributed by atoms with Crippen LogP contribution in [0.2, 0.25) is 0 Å². The SMILES string of the molecule is C=CC(=O)N1CCC[C@H](n2cc(Nc3ncc(C(N)=O)c(NCCCOC)n3)cn2)C1. The highest BCUT2D eigenvalue weighted by Gasteiger charge is 2.24. The van der Waals surface area contributed by atoms with Crippen LogP contribution >= 0.6 is 0 Å². The fraction of sp³-hybridized carbons (Fsp3) is 0.450. The molecule has 31 heavy (non-hydrogen) atoms. The molecule has 0 aromatic carbocycles. The smallest absolute Gasteiger partial charge is 0.254 e. The Morgan fingerprint density at radius 3 is 3.00 bits per heavy atom. The third kappa shape index (κ3) is 5.79. The number of nitrogens with zero attached hydrogens (tertiary/aromatic N) is 5. The minimum Gasteiger partial charge on any atom is -0.385 e. The van der Waals surface area contributed by atoms with Gasteiger partial charge in [-0.2, -0.15) is 10.1 Å². The van der Waals surface area contributed by atoms with Gasteiger partial charge in [-0.1, -0.05) is 6.58 Å². The van der Waals surface area contributed by atoms with E-state index in [-0.39, 0.29) is 17.5 Å². The highest BCUT2D eigenvalue weighted by molar-refractivity contribution is 5.97. The zero-order chi connectivity index (χ0) is 22.2. The predicted octanol–water partition coefficient (Wildman–Crippen LogP) is 1.31. The van der Waals surface area contributed by atoms with Gasteiger partial charge in [0.25, 0.3) is 5.91 Å². The quantitative estimate of drug-likeness (QED) is 0.380. The summed E-state index contributed by atoms with van der Waals surface area (Å²) in [6, 6.07) is 0.0874. The zero-order valence-electron chi connectivity index (χ0n) is 17.6. The molecule has 1 atom stereocenters. The first-order valence-corrected chi connectivity index (χ1v) is 10.1. The van der Waals surface area contributed by atoms with E-state index in [0.29, 0.717) is 37.1 Å². The Bertz CT molecular complexity index is 929. The average Bonchev–Trinajstić information content (AvgIpc) is 3.24. The van der Waals surface area contributed by atoms with Crippen LogP contribution in [0.3, 0.4) is 0 Å². The van der Waals surface area contributed by atoms with Gasteiger partial charge in [0.15, 0.2) is 0 Å². The Morgan fingerprint density at radius 1 is 1.42 bits per heavy atom. The number of primary amides is 1. The van der Waals surface area contributed by atoms with E-state index < -0.39 is 5.91 Å². The molecule has 1 saturated heterocycles. The molecule has 2 aromatic heterocycles. The number of methoxy groups -OCH3 is 1. The van der Waals surface area contributed by atoms with Gasteiger partial charge in [0, 0.05) is 45.7 Å². The van der Waals surface area contributed by atoms with E-state index in [0.717, 1.165) is 25.8 Å². The Balaban J connectivity index is 1.68. The van der Waals surface area contributed by atoms with Crippen molar-refractivity contribution in [1.82, 2.24) is 24.6 Å². The Hall–Kier alpha value is -3.47. The molecule has 3 rings (SSSR count). The van der Waals surface area contributed by atoms with Crippen LogP contribution in [0.15, 0.2) is 31.2 Å². The van der Waals surface area contributed by atoms with Crippen molar-refractivity contribution in [1.29, 1.82) is 0 Å². The van der Waals surface area contributed by atoms with Crippen LogP contribution in [-0.2, 0) is 9.53 Å². The molecule has 3 heterocycles. The van der Waals surface area contributed by atoms with Crippen molar-refractivity contribution in [3.63, 3.8) is 0 Å². The number of nitrogens with one attached hydrogen (secondary N) is 2. The van der Waals surface area contributed by atoms with Crippen molar-refractivity contribution in [3.05, 3.63) is 36.8 Å². The van der Waals surface area contributed by atoms with Crippen LogP contribution in [0.1, 0.15) is 35.7 Å². The molecule has 2 aromatic rings. The number of nitrogens with two attached hydrogens (primary N) is 1. The summed E-state index contributed by atoms with van der Waals surface area (Å²) < 4.78 is 6.87. The fourth-order valence-corrected chi connectivity index (χ4v) is 3.41. The maximum atomic E-state index is 11.9. The summed E-state index contributed by atoms with van der Waals surface area (Å²) >= 11 is 0.